The number of halogens is 1. The van der Waals surface area contributed by atoms with E-state index >= 15 is 0 Å². The van der Waals surface area contributed by atoms with E-state index in [1.54, 1.807) is 12.1 Å². The first-order chi connectivity index (χ1) is 6.70. The van der Waals surface area contributed by atoms with Crippen molar-refractivity contribution in [3.63, 3.8) is 0 Å². The minimum Gasteiger partial charge on any atom is -0.272 e. The lowest BCUT2D eigenvalue weighted by molar-refractivity contribution is 0.615. The van der Waals surface area contributed by atoms with Crippen LogP contribution < -0.4 is 5.69 Å². The van der Waals surface area contributed by atoms with Gasteiger partial charge < -0.3 is 0 Å². The Hall–Kier alpha value is -1.69. The Kier molecular flexibility index (Phi) is 2.05. The van der Waals surface area contributed by atoms with Crippen LogP contribution in [0.4, 0.5) is 4.39 Å². The average molecular weight is 211 g/mol. The van der Waals surface area contributed by atoms with Gasteiger partial charge in [0.25, 0.3) is 0 Å². The van der Waals surface area contributed by atoms with Gasteiger partial charge in [0.05, 0.1) is 5.69 Å². The maximum atomic E-state index is 13.3. The number of H-pyrrole nitrogens is 2. The van der Waals surface area contributed by atoms with Crippen molar-refractivity contribution in [3.05, 3.63) is 45.3 Å². The van der Waals surface area contributed by atoms with Crippen LogP contribution in [0.5, 0.6) is 0 Å². The second-order valence-corrected chi connectivity index (χ2v) is 3.03. The third-order valence-electron chi connectivity index (χ3n) is 1.78. The summed E-state index contributed by atoms with van der Waals surface area (Å²) in [4.78, 5) is 11.2. The van der Waals surface area contributed by atoms with E-state index in [9.17, 15) is 9.18 Å². The van der Waals surface area contributed by atoms with Gasteiger partial charge >= 0.3 is 5.69 Å². The Morgan fingerprint density at radius 2 is 2.00 bits per heavy atom. The minimum atomic E-state index is -0.492. The third-order valence-corrected chi connectivity index (χ3v) is 2.06. The van der Waals surface area contributed by atoms with Crippen LogP contribution in [-0.4, -0.2) is 14.8 Å². The quantitative estimate of drug-likeness (QED) is 0.700. The van der Waals surface area contributed by atoms with Crippen molar-refractivity contribution in [2.24, 2.45) is 0 Å². The summed E-state index contributed by atoms with van der Waals surface area (Å²) >= 11 is 4.82. The van der Waals surface area contributed by atoms with Gasteiger partial charge in [0.1, 0.15) is 5.82 Å². The fourth-order valence-electron chi connectivity index (χ4n) is 1.16. The molecule has 1 heterocycles. The predicted molar refractivity (Wildman–Crippen MR) is 51.5 cm³/mol. The topological polar surface area (TPSA) is 53.6 Å². The highest BCUT2D eigenvalue weighted by atomic mass is 32.1. The molecule has 0 saturated carbocycles. The summed E-state index contributed by atoms with van der Waals surface area (Å²) in [6.45, 7) is 0. The Morgan fingerprint density at radius 3 is 2.57 bits per heavy atom. The van der Waals surface area contributed by atoms with Crippen LogP contribution >= 0.6 is 12.2 Å². The molecule has 0 saturated heterocycles. The second kappa shape index (κ2) is 3.22. The Bertz CT molecular complexity index is 541. The molecule has 0 aliphatic heterocycles. The van der Waals surface area contributed by atoms with Crippen LogP contribution in [0.2, 0.25) is 0 Å². The normalized spacial score (nSPS) is 10.4. The van der Waals surface area contributed by atoms with Crippen LogP contribution in [0.15, 0.2) is 29.1 Å². The summed E-state index contributed by atoms with van der Waals surface area (Å²) in [5, 5.41) is 4.71. The molecule has 2 aromatic rings. The highest BCUT2D eigenvalue weighted by molar-refractivity contribution is 7.71. The standard InChI is InChI=1S/C8H6FN3OS/c9-5-3-1-2-4-6(5)12-7(13)10-11-8(12)14/h1-4H,(H,10,13)(H,11,14). The van der Waals surface area contributed by atoms with E-state index in [0.717, 1.165) is 4.57 Å². The van der Waals surface area contributed by atoms with Crippen molar-refractivity contribution in [2.75, 3.05) is 0 Å². The highest BCUT2D eigenvalue weighted by Crippen LogP contribution is 2.09. The molecule has 2 N–H and O–H groups in total. The van der Waals surface area contributed by atoms with E-state index in [4.69, 9.17) is 12.2 Å². The van der Waals surface area contributed by atoms with Crippen LogP contribution in [0.25, 0.3) is 5.69 Å². The van der Waals surface area contributed by atoms with Gasteiger partial charge in [-0.2, -0.15) is 0 Å². The molecule has 0 fully saturated rings. The number of hydrogen-bond acceptors (Lipinski definition) is 2. The van der Waals surface area contributed by atoms with Crippen molar-refractivity contribution in [1.29, 1.82) is 0 Å². The molecule has 2 rings (SSSR count). The Labute approximate surface area is 83.0 Å². The first-order valence-corrected chi connectivity index (χ1v) is 4.25. The van der Waals surface area contributed by atoms with E-state index in [-0.39, 0.29) is 10.5 Å². The Morgan fingerprint density at radius 1 is 1.29 bits per heavy atom. The molecule has 0 aliphatic carbocycles. The molecule has 0 spiro atoms. The van der Waals surface area contributed by atoms with E-state index in [2.05, 4.69) is 10.2 Å². The molecule has 0 unspecified atom stereocenters. The first-order valence-electron chi connectivity index (χ1n) is 3.85. The van der Waals surface area contributed by atoms with Gasteiger partial charge in [-0.05, 0) is 24.4 Å². The van der Waals surface area contributed by atoms with Gasteiger partial charge in [-0.3, -0.25) is 5.10 Å². The number of rotatable bonds is 1. The fourth-order valence-corrected chi connectivity index (χ4v) is 1.40. The van der Waals surface area contributed by atoms with Gasteiger partial charge in [-0.1, -0.05) is 12.1 Å². The lowest BCUT2D eigenvalue weighted by atomic mass is 10.3. The molecule has 0 radical (unpaired) electrons. The molecule has 1 aromatic heterocycles. The van der Waals surface area contributed by atoms with Crippen LogP contribution in [0.1, 0.15) is 0 Å². The number of benzene rings is 1. The smallest absolute Gasteiger partial charge is 0.272 e. The lowest BCUT2D eigenvalue weighted by Gasteiger charge is -2.00. The van der Waals surface area contributed by atoms with Crippen LogP contribution in [0, 0.1) is 10.6 Å². The molecule has 0 aliphatic rings. The summed E-state index contributed by atoms with van der Waals surface area (Å²) in [7, 11) is 0. The summed E-state index contributed by atoms with van der Waals surface area (Å²) in [6, 6.07) is 5.92. The second-order valence-electron chi connectivity index (χ2n) is 2.65. The number of hydrogen-bond donors (Lipinski definition) is 2. The largest absolute Gasteiger partial charge is 0.347 e. The average Bonchev–Trinajstić information content (AvgIpc) is 2.48. The minimum absolute atomic E-state index is 0.139. The molecule has 4 nitrogen and oxygen atoms in total. The Balaban J connectivity index is 2.79. The van der Waals surface area contributed by atoms with Crippen molar-refractivity contribution < 1.29 is 4.39 Å². The zero-order chi connectivity index (χ0) is 10.1. The van der Waals surface area contributed by atoms with Gasteiger partial charge in [0.2, 0.25) is 4.77 Å². The number of nitrogens with one attached hydrogen (secondary N) is 2. The van der Waals surface area contributed by atoms with E-state index in [0.29, 0.717) is 0 Å². The van der Waals surface area contributed by atoms with Crippen molar-refractivity contribution in [1.82, 2.24) is 14.8 Å². The van der Waals surface area contributed by atoms with Crippen molar-refractivity contribution in [3.8, 4) is 5.69 Å². The summed E-state index contributed by atoms with van der Waals surface area (Å²) in [6.07, 6.45) is 0. The third kappa shape index (κ3) is 1.29. The molecule has 6 heteroatoms. The van der Waals surface area contributed by atoms with Crippen LogP contribution in [0.3, 0.4) is 0 Å². The van der Waals surface area contributed by atoms with E-state index < -0.39 is 11.5 Å². The first kappa shape index (κ1) is 8.89. The van der Waals surface area contributed by atoms with Gasteiger partial charge in [0.15, 0.2) is 0 Å². The lowest BCUT2D eigenvalue weighted by Crippen LogP contribution is -2.15. The van der Waals surface area contributed by atoms with E-state index in [1.165, 1.54) is 12.1 Å². The van der Waals surface area contributed by atoms with Gasteiger partial charge in [0, 0.05) is 0 Å². The molecule has 14 heavy (non-hydrogen) atoms. The molecule has 72 valence electrons. The SMILES string of the molecule is O=c1[nH][nH]c(=S)n1-c1ccccc1F. The maximum absolute atomic E-state index is 13.3. The molecule has 0 bridgehead atoms. The highest BCUT2D eigenvalue weighted by Gasteiger charge is 2.07. The monoisotopic (exact) mass is 211 g/mol. The number of nitrogens with zero attached hydrogens (tertiary/aromatic N) is 1. The predicted octanol–water partition coefficient (Wildman–Crippen LogP) is 1.36. The molecule has 0 amide bonds. The van der Waals surface area contributed by atoms with E-state index in [1.807, 2.05) is 0 Å². The number of aromatic amines is 2. The zero-order valence-electron chi connectivity index (χ0n) is 6.95. The van der Waals surface area contributed by atoms with Crippen molar-refractivity contribution in [2.45, 2.75) is 0 Å². The fraction of sp³-hybridized carbons (Fsp3) is 0. The summed E-state index contributed by atoms with van der Waals surface area (Å²) in [5.41, 5.74) is -0.347. The van der Waals surface area contributed by atoms with Crippen LogP contribution in [-0.2, 0) is 0 Å². The molecule has 0 atom stereocenters. The maximum Gasteiger partial charge on any atom is 0.347 e. The summed E-state index contributed by atoms with van der Waals surface area (Å²) in [5.74, 6) is -0.492. The van der Waals surface area contributed by atoms with Gasteiger partial charge in [-0.15, -0.1) is 0 Å². The van der Waals surface area contributed by atoms with Gasteiger partial charge in [-0.25, -0.2) is 18.9 Å². The number of para-hydroxylation sites is 1. The molecular formula is C8H6FN3OS. The molecular weight excluding hydrogens is 205 g/mol. The van der Waals surface area contributed by atoms with Crippen molar-refractivity contribution >= 4 is 12.2 Å². The number of aromatic nitrogens is 3. The zero-order valence-corrected chi connectivity index (χ0v) is 7.77. The summed E-state index contributed by atoms with van der Waals surface area (Å²) < 4.78 is 14.5. The molecule has 1 aromatic carbocycles.